The second-order valence-electron chi connectivity index (χ2n) is 3.79. The van der Waals surface area contributed by atoms with E-state index >= 15 is 0 Å². The van der Waals surface area contributed by atoms with E-state index in [0.29, 0.717) is 6.42 Å². The number of fused-ring (bicyclic) bond motifs is 1. The van der Waals surface area contributed by atoms with Gasteiger partial charge < -0.3 is 5.73 Å². The topological polar surface area (TPSA) is 51.8 Å². The average Bonchev–Trinajstić information content (AvgIpc) is 2.74. The summed E-state index contributed by atoms with van der Waals surface area (Å²) in [4.78, 5) is 8.86. The minimum atomic E-state index is 0.700. The van der Waals surface area contributed by atoms with Gasteiger partial charge in [-0.05, 0) is 24.3 Å². The van der Waals surface area contributed by atoms with Crippen molar-refractivity contribution in [2.75, 3.05) is 5.73 Å². The maximum atomic E-state index is 5.88. The lowest BCUT2D eigenvalue weighted by Gasteiger charge is -2.00. The molecule has 4 heteroatoms. The predicted octanol–water partition coefficient (Wildman–Crippen LogP) is 2.86. The quantitative estimate of drug-likeness (QED) is 0.750. The third kappa shape index (κ3) is 1.99. The van der Waals surface area contributed by atoms with Crippen molar-refractivity contribution < 1.29 is 0 Å². The van der Waals surface area contributed by atoms with Crippen molar-refractivity contribution in [1.29, 1.82) is 0 Å². The lowest BCUT2D eigenvalue weighted by atomic mass is 10.2. The molecule has 0 amide bonds. The number of nitrogens with zero attached hydrogens (tertiary/aromatic N) is 2. The zero-order valence-electron chi connectivity index (χ0n) is 9.13. The molecule has 0 spiro atoms. The van der Waals surface area contributed by atoms with Gasteiger partial charge in [-0.3, -0.25) is 4.98 Å². The monoisotopic (exact) mass is 241 g/mol. The number of thiazole rings is 1. The highest BCUT2D eigenvalue weighted by Gasteiger charge is 2.06. The molecule has 1 aromatic carbocycles. The minimum Gasteiger partial charge on any atom is -0.397 e. The molecule has 0 saturated carbocycles. The van der Waals surface area contributed by atoms with E-state index in [2.05, 4.69) is 16.0 Å². The molecule has 3 nitrogen and oxygen atoms in total. The van der Waals surface area contributed by atoms with Crippen LogP contribution >= 0.6 is 11.3 Å². The van der Waals surface area contributed by atoms with Gasteiger partial charge in [0.25, 0.3) is 0 Å². The van der Waals surface area contributed by atoms with E-state index in [9.17, 15) is 0 Å². The van der Waals surface area contributed by atoms with Gasteiger partial charge in [-0.15, -0.1) is 11.3 Å². The van der Waals surface area contributed by atoms with Gasteiger partial charge in [-0.1, -0.05) is 12.1 Å². The Labute approximate surface area is 103 Å². The molecular weight excluding hydrogens is 230 g/mol. The Kier molecular flexibility index (Phi) is 2.49. The molecule has 0 aliphatic carbocycles. The lowest BCUT2D eigenvalue weighted by Crippen LogP contribution is -1.97. The number of nitrogen functional groups attached to an aromatic ring is 1. The van der Waals surface area contributed by atoms with Gasteiger partial charge in [0.2, 0.25) is 0 Å². The first-order valence-corrected chi connectivity index (χ1v) is 6.18. The average molecular weight is 241 g/mol. The van der Waals surface area contributed by atoms with E-state index in [1.807, 2.05) is 30.3 Å². The third-order valence-corrected chi connectivity index (χ3v) is 3.62. The van der Waals surface area contributed by atoms with Crippen molar-refractivity contribution in [3.05, 3.63) is 53.3 Å². The standard InChI is InChI=1S/C13H11N3S/c14-9-4-3-7-15-11(9)8-13-16-10-5-1-2-6-12(10)17-13/h1-7H,8,14H2. The Balaban J connectivity index is 1.98. The minimum absolute atomic E-state index is 0.700. The summed E-state index contributed by atoms with van der Waals surface area (Å²) < 4.78 is 1.21. The molecule has 0 aliphatic rings. The van der Waals surface area contributed by atoms with Crippen LogP contribution in [0.3, 0.4) is 0 Å². The summed E-state index contributed by atoms with van der Waals surface area (Å²) in [5, 5.41) is 1.05. The van der Waals surface area contributed by atoms with Crippen molar-refractivity contribution >= 4 is 27.2 Å². The normalized spacial score (nSPS) is 10.8. The van der Waals surface area contributed by atoms with Crippen LogP contribution in [-0.2, 0) is 6.42 Å². The van der Waals surface area contributed by atoms with Gasteiger partial charge in [0.05, 0.1) is 26.6 Å². The van der Waals surface area contributed by atoms with Gasteiger partial charge in [0, 0.05) is 12.6 Å². The number of benzene rings is 1. The zero-order valence-corrected chi connectivity index (χ0v) is 9.95. The van der Waals surface area contributed by atoms with Gasteiger partial charge in [-0.25, -0.2) is 4.98 Å². The molecule has 17 heavy (non-hydrogen) atoms. The van der Waals surface area contributed by atoms with Gasteiger partial charge >= 0.3 is 0 Å². The summed E-state index contributed by atoms with van der Waals surface area (Å²) in [5.41, 5.74) is 8.54. The van der Waals surface area contributed by atoms with E-state index < -0.39 is 0 Å². The lowest BCUT2D eigenvalue weighted by molar-refractivity contribution is 1.06. The third-order valence-electron chi connectivity index (χ3n) is 2.58. The van der Waals surface area contributed by atoms with Gasteiger partial charge in [0.1, 0.15) is 0 Å². The zero-order chi connectivity index (χ0) is 11.7. The van der Waals surface area contributed by atoms with Crippen LogP contribution in [-0.4, -0.2) is 9.97 Å². The molecule has 0 radical (unpaired) electrons. The largest absolute Gasteiger partial charge is 0.397 e. The van der Waals surface area contributed by atoms with E-state index in [0.717, 1.165) is 21.9 Å². The number of aromatic nitrogens is 2. The molecule has 3 rings (SSSR count). The number of hydrogen-bond donors (Lipinski definition) is 1. The smallest absolute Gasteiger partial charge is 0.0999 e. The van der Waals surface area contributed by atoms with Crippen LogP contribution in [0.25, 0.3) is 10.2 Å². The fourth-order valence-electron chi connectivity index (χ4n) is 1.74. The summed E-state index contributed by atoms with van der Waals surface area (Å²) in [7, 11) is 0. The highest BCUT2D eigenvalue weighted by Crippen LogP contribution is 2.24. The number of nitrogens with two attached hydrogens (primary N) is 1. The van der Waals surface area contributed by atoms with E-state index in [1.165, 1.54) is 4.70 Å². The molecule has 0 saturated heterocycles. The van der Waals surface area contributed by atoms with E-state index in [-0.39, 0.29) is 0 Å². The first-order valence-electron chi connectivity index (χ1n) is 5.37. The van der Waals surface area contributed by atoms with Crippen LogP contribution in [0.5, 0.6) is 0 Å². The van der Waals surface area contributed by atoms with Crippen molar-refractivity contribution in [3.63, 3.8) is 0 Å². The SMILES string of the molecule is Nc1cccnc1Cc1nc2ccccc2s1. The van der Waals surface area contributed by atoms with Crippen molar-refractivity contribution in [3.8, 4) is 0 Å². The van der Waals surface area contributed by atoms with E-state index in [4.69, 9.17) is 5.73 Å². The van der Waals surface area contributed by atoms with Crippen LogP contribution in [0.15, 0.2) is 42.6 Å². The van der Waals surface area contributed by atoms with Crippen LogP contribution in [0.2, 0.25) is 0 Å². The molecule has 0 fully saturated rings. The second-order valence-corrected chi connectivity index (χ2v) is 4.91. The van der Waals surface area contributed by atoms with Gasteiger partial charge in [0.15, 0.2) is 0 Å². The van der Waals surface area contributed by atoms with Crippen LogP contribution in [0.1, 0.15) is 10.7 Å². The fourth-order valence-corrected chi connectivity index (χ4v) is 2.71. The Morgan fingerprint density at radius 2 is 2.00 bits per heavy atom. The number of rotatable bonds is 2. The molecule has 2 heterocycles. The highest BCUT2D eigenvalue weighted by atomic mass is 32.1. The molecule has 2 N–H and O–H groups in total. The Hall–Kier alpha value is -1.94. The Morgan fingerprint density at radius 1 is 1.12 bits per heavy atom. The van der Waals surface area contributed by atoms with Crippen LogP contribution in [0.4, 0.5) is 5.69 Å². The van der Waals surface area contributed by atoms with Crippen molar-refractivity contribution in [2.45, 2.75) is 6.42 Å². The molecular formula is C13H11N3S. The summed E-state index contributed by atoms with van der Waals surface area (Å²) >= 11 is 1.69. The van der Waals surface area contributed by atoms with E-state index in [1.54, 1.807) is 17.5 Å². The maximum Gasteiger partial charge on any atom is 0.0999 e. The highest BCUT2D eigenvalue weighted by molar-refractivity contribution is 7.18. The van der Waals surface area contributed by atoms with Crippen LogP contribution < -0.4 is 5.73 Å². The Bertz CT molecular complexity index is 627. The summed E-state index contributed by atoms with van der Waals surface area (Å²) in [6.45, 7) is 0. The number of pyridine rings is 1. The van der Waals surface area contributed by atoms with Gasteiger partial charge in [-0.2, -0.15) is 0 Å². The number of para-hydroxylation sites is 1. The molecule has 0 unspecified atom stereocenters. The van der Waals surface area contributed by atoms with Crippen molar-refractivity contribution in [1.82, 2.24) is 9.97 Å². The number of anilines is 1. The molecule has 0 atom stereocenters. The molecule has 84 valence electrons. The summed E-state index contributed by atoms with van der Waals surface area (Å²) in [6.07, 6.45) is 2.46. The first-order chi connectivity index (χ1) is 8.33. The maximum absolute atomic E-state index is 5.88. The Morgan fingerprint density at radius 3 is 2.82 bits per heavy atom. The predicted molar refractivity (Wildman–Crippen MR) is 71.1 cm³/mol. The van der Waals surface area contributed by atoms with Crippen LogP contribution in [0, 0.1) is 0 Å². The van der Waals surface area contributed by atoms with Crippen molar-refractivity contribution in [2.24, 2.45) is 0 Å². The molecule has 0 aliphatic heterocycles. The fraction of sp³-hybridized carbons (Fsp3) is 0.0769. The summed E-state index contributed by atoms with van der Waals surface area (Å²) in [5.74, 6) is 0. The summed E-state index contributed by atoms with van der Waals surface area (Å²) in [6, 6.07) is 11.8. The second kappa shape index (κ2) is 4.14. The molecule has 3 aromatic rings. The first kappa shape index (κ1) is 10.2. The number of hydrogen-bond acceptors (Lipinski definition) is 4. The molecule has 0 bridgehead atoms. The molecule has 2 aromatic heterocycles.